The molecule has 0 fully saturated rings. The van der Waals surface area contributed by atoms with Crippen LogP contribution in [0.3, 0.4) is 0 Å². The van der Waals surface area contributed by atoms with Gasteiger partial charge in [0.1, 0.15) is 0 Å². The van der Waals surface area contributed by atoms with Crippen LogP contribution < -0.4 is 9.80 Å². The third-order valence-corrected chi connectivity index (χ3v) is 12.7. The van der Waals surface area contributed by atoms with E-state index >= 15 is 0 Å². The van der Waals surface area contributed by atoms with Crippen LogP contribution in [0.1, 0.15) is 61.8 Å². The lowest BCUT2D eigenvalue weighted by Crippen LogP contribution is -2.12. The molecule has 0 heterocycles. The lowest BCUT2D eigenvalue weighted by atomic mass is 9.84. The summed E-state index contributed by atoms with van der Waals surface area (Å²) in [5, 5.41) is 9.72. The van der Waals surface area contributed by atoms with Gasteiger partial charge >= 0.3 is 0 Å². The Balaban J connectivity index is 1.31. The van der Waals surface area contributed by atoms with Crippen LogP contribution in [0.15, 0.2) is 194 Å². The van der Waals surface area contributed by atoms with E-state index < -0.39 is 0 Å². The summed E-state index contributed by atoms with van der Waals surface area (Å²) in [6.45, 7) is 13.4. The molecule has 0 saturated heterocycles. The van der Waals surface area contributed by atoms with Crippen molar-refractivity contribution in [1.82, 2.24) is 0 Å². The first-order chi connectivity index (χ1) is 30.3. The van der Waals surface area contributed by atoms with Gasteiger partial charge in [-0.25, -0.2) is 0 Å². The Bertz CT molecular complexity index is 2890. The number of hydrogen-bond donors (Lipinski definition) is 0. The summed E-state index contributed by atoms with van der Waals surface area (Å²) in [6.07, 6.45) is 0. The molecule has 0 aliphatic rings. The zero-order valence-electron chi connectivity index (χ0n) is 36.5. The molecule has 0 unspecified atom stereocenters. The van der Waals surface area contributed by atoms with E-state index in [0.717, 1.165) is 22.7 Å². The molecular weight excluding hydrogens is 749 g/mol. The van der Waals surface area contributed by atoms with Crippen LogP contribution in [0, 0.1) is 13.8 Å². The standard InChI is InChI=1S/C60H52N2/c1-39(2)43-27-35-47(36-28-43)61(45-31-23-41(5)24-32-45)59-53-19-11-7-15-49(53)57(50-16-8-12-20-54(50)59)58-51-17-9-13-21-55(51)60(56-22-14-10-18-52(56)58)62(46-33-25-42(6)26-34-46)48-37-29-44(30-38-48)40(3)4/h7-40H,1-6H3. The number of nitrogens with zero attached hydrogens (tertiary/aromatic N) is 2. The number of fused-ring (bicyclic) bond motifs is 4. The highest BCUT2D eigenvalue weighted by atomic mass is 15.2. The summed E-state index contributed by atoms with van der Waals surface area (Å²) < 4.78 is 0. The molecule has 62 heavy (non-hydrogen) atoms. The maximum Gasteiger partial charge on any atom is 0.0618 e. The van der Waals surface area contributed by atoms with Crippen LogP contribution in [0.25, 0.3) is 54.2 Å². The van der Waals surface area contributed by atoms with Gasteiger partial charge in [-0.1, -0.05) is 184 Å². The lowest BCUT2D eigenvalue weighted by Gasteiger charge is -2.31. The smallest absolute Gasteiger partial charge is 0.0618 e. The molecule has 0 aromatic heterocycles. The molecule has 302 valence electrons. The van der Waals surface area contributed by atoms with Crippen LogP contribution in [0.5, 0.6) is 0 Å². The van der Waals surface area contributed by atoms with Gasteiger partial charge in [0.2, 0.25) is 0 Å². The van der Waals surface area contributed by atoms with Crippen molar-refractivity contribution in [2.45, 2.75) is 53.4 Å². The first kappa shape index (κ1) is 39.0. The van der Waals surface area contributed by atoms with Gasteiger partial charge in [-0.3, -0.25) is 0 Å². The molecule has 0 amide bonds. The molecule has 2 heteroatoms. The van der Waals surface area contributed by atoms with E-state index in [9.17, 15) is 0 Å². The highest BCUT2D eigenvalue weighted by Crippen LogP contribution is 2.53. The number of benzene rings is 10. The third-order valence-electron chi connectivity index (χ3n) is 12.7. The summed E-state index contributed by atoms with van der Waals surface area (Å²) in [5.41, 5.74) is 14.6. The monoisotopic (exact) mass is 800 g/mol. The van der Waals surface area contributed by atoms with Gasteiger partial charge in [0, 0.05) is 44.3 Å². The molecule has 0 spiro atoms. The summed E-state index contributed by atoms with van der Waals surface area (Å²) in [6, 6.07) is 72.5. The van der Waals surface area contributed by atoms with Crippen molar-refractivity contribution in [2.24, 2.45) is 0 Å². The van der Waals surface area contributed by atoms with Crippen molar-refractivity contribution in [3.8, 4) is 11.1 Å². The first-order valence-corrected chi connectivity index (χ1v) is 22.1. The molecule has 10 rings (SSSR count). The normalized spacial score (nSPS) is 11.7. The lowest BCUT2D eigenvalue weighted by molar-refractivity contribution is 0.866. The Labute approximate surface area is 366 Å². The van der Waals surface area contributed by atoms with Crippen LogP contribution in [0.2, 0.25) is 0 Å². The van der Waals surface area contributed by atoms with Crippen LogP contribution in [-0.4, -0.2) is 0 Å². The van der Waals surface area contributed by atoms with Gasteiger partial charge in [-0.05, 0) is 118 Å². The third kappa shape index (κ3) is 6.77. The van der Waals surface area contributed by atoms with E-state index in [1.807, 2.05) is 0 Å². The Morgan fingerprint density at radius 2 is 0.500 bits per heavy atom. The van der Waals surface area contributed by atoms with Crippen molar-refractivity contribution in [2.75, 3.05) is 9.80 Å². The van der Waals surface area contributed by atoms with Crippen molar-refractivity contribution in [3.63, 3.8) is 0 Å². The van der Waals surface area contributed by atoms with E-state index in [1.54, 1.807) is 0 Å². The van der Waals surface area contributed by atoms with E-state index in [1.165, 1.54) is 87.8 Å². The molecule has 0 saturated carbocycles. The average molecular weight is 801 g/mol. The van der Waals surface area contributed by atoms with Gasteiger partial charge in [-0.2, -0.15) is 0 Å². The summed E-state index contributed by atoms with van der Waals surface area (Å²) >= 11 is 0. The number of rotatable bonds is 9. The molecule has 10 aromatic carbocycles. The molecule has 0 aliphatic carbocycles. The summed E-state index contributed by atoms with van der Waals surface area (Å²) in [4.78, 5) is 4.95. The maximum atomic E-state index is 2.47. The fourth-order valence-corrected chi connectivity index (χ4v) is 9.45. The Morgan fingerprint density at radius 1 is 0.274 bits per heavy atom. The molecule has 0 bridgehead atoms. The molecule has 10 aromatic rings. The van der Waals surface area contributed by atoms with Crippen molar-refractivity contribution in [1.29, 1.82) is 0 Å². The van der Waals surface area contributed by atoms with Gasteiger partial charge < -0.3 is 9.80 Å². The minimum absolute atomic E-state index is 0.447. The van der Waals surface area contributed by atoms with Crippen molar-refractivity contribution < 1.29 is 0 Å². The van der Waals surface area contributed by atoms with Crippen LogP contribution >= 0.6 is 0 Å². The van der Waals surface area contributed by atoms with Gasteiger partial charge in [-0.15, -0.1) is 0 Å². The quantitative estimate of drug-likeness (QED) is 0.134. The topological polar surface area (TPSA) is 6.48 Å². The van der Waals surface area contributed by atoms with E-state index in [0.29, 0.717) is 11.8 Å². The Morgan fingerprint density at radius 3 is 0.742 bits per heavy atom. The average Bonchev–Trinajstić information content (AvgIpc) is 3.30. The zero-order chi connectivity index (χ0) is 42.5. The molecule has 0 N–H and O–H groups in total. The first-order valence-electron chi connectivity index (χ1n) is 22.1. The van der Waals surface area contributed by atoms with Crippen molar-refractivity contribution in [3.05, 3.63) is 216 Å². The Hall–Kier alpha value is -7.16. The Kier molecular flexibility index (Phi) is 10.1. The largest absolute Gasteiger partial charge is 0.309 e. The van der Waals surface area contributed by atoms with Gasteiger partial charge in [0.15, 0.2) is 0 Å². The maximum absolute atomic E-state index is 2.47. The second-order valence-electron chi connectivity index (χ2n) is 17.5. The molecule has 0 radical (unpaired) electrons. The second-order valence-corrected chi connectivity index (χ2v) is 17.5. The zero-order valence-corrected chi connectivity index (χ0v) is 36.5. The predicted octanol–water partition coefficient (Wildman–Crippen LogP) is 17.8. The van der Waals surface area contributed by atoms with E-state index in [4.69, 9.17) is 0 Å². The fourth-order valence-electron chi connectivity index (χ4n) is 9.45. The van der Waals surface area contributed by atoms with Gasteiger partial charge in [0.05, 0.1) is 11.4 Å². The second kappa shape index (κ2) is 16.0. The van der Waals surface area contributed by atoms with Crippen molar-refractivity contribution >= 4 is 77.2 Å². The summed E-state index contributed by atoms with van der Waals surface area (Å²) in [5.74, 6) is 0.895. The van der Waals surface area contributed by atoms with Crippen LogP contribution in [0.4, 0.5) is 34.1 Å². The number of hydrogen-bond acceptors (Lipinski definition) is 2. The minimum atomic E-state index is 0.447. The fraction of sp³-hybridized carbons (Fsp3) is 0.133. The SMILES string of the molecule is Cc1ccc(N(c2ccc(C(C)C)cc2)c2c3ccccc3c(-c3c4ccccc4c(N(c4ccc(C)cc4)c4ccc(C(C)C)cc4)c4ccccc34)c3ccccc23)cc1. The summed E-state index contributed by atoms with van der Waals surface area (Å²) in [7, 11) is 0. The number of anilines is 6. The highest BCUT2D eigenvalue weighted by molar-refractivity contribution is 6.30. The molecule has 0 aliphatic heterocycles. The minimum Gasteiger partial charge on any atom is -0.309 e. The molecule has 2 nitrogen and oxygen atoms in total. The van der Waals surface area contributed by atoms with Crippen LogP contribution in [-0.2, 0) is 0 Å². The molecular formula is C60H52N2. The molecule has 0 atom stereocenters. The van der Waals surface area contributed by atoms with E-state index in [-0.39, 0.29) is 0 Å². The predicted molar refractivity (Wildman–Crippen MR) is 269 cm³/mol. The van der Waals surface area contributed by atoms with E-state index in [2.05, 4.69) is 245 Å². The number of aryl methyl sites for hydroxylation is 2. The highest BCUT2D eigenvalue weighted by Gasteiger charge is 2.27. The van der Waals surface area contributed by atoms with Gasteiger partial charge in [0.25, 0.3) is 0 Å².